The average molecular weight is 461 g/mol. The molecule has 5 heteroatoms. The van der Waals surface area contributed by atoms with Crippen LogP contribution in [0.25, 0.3) is 43.6 Å². The fourth-order valence-corrected chi connectivity index (χ4v) is 5.18. The van der Waals surface area contributed by atoms with Crippen molar-refractivity contribution in [2.45, 2.75) is 13.1 Å². The SMILES string of the molecule is O=Cc1ccc2c(c1)c1ccccc1n2CCOCCn1c2ccccc2c2cc(C=O)ccc21. The molecule has 0 atom stereocenters. The molecule has 2 aromatic heterocycles. The molecule has 4 aromatic carbocycles. The number of benzene rings is 4. The van der Waals surface area contributed by atoms with Crippen LogP contribution < -0.4 is 0 Å². The van der Waals surface area contributed by atoms with E-state index in [2.05, 4.69) is 33.4 Å². The number of rotatable bonds is 8. The molecule has 0 fully saturated rings. The monoisotopic (exact) mass is 460 g/mol. The summed E-state index contributed by atoms with van der Waals surface area (Å²) >= 11 is 0. The maximum absolute atomic E-state index is 11.3. The van der Waals surface area contributed by atoms with Gasteiger partial charge in [-0.3, -0.25) is 9.59 Å². The fourth-order valence-electron chi connectivity index (χ4n) is 5.18. The zero-order chi connectivity index (χ0) is 23.8. The summed E-state index contributed by atoms with van der Waals surface area (Å²) in [5.74, 6) is 0. The van der Waals surface area contributed by atoms with Crippen molar-refractivity contribution in [3.8, 4) is 0 Å². The molecule has 0 spiro atoms. The third-order valence-electron chi connectivity index (χ3n) is 6.78. The second-order valence-corrected chi connectivity index (χ2v) is 8.74. The summed E-state index contributed by atoms with van der Waals surface area (Å²) in [5.41, 5.74) is 5.86. The number of aldehydes is 2. The second kappa shape index (κ2) is 8.85. The van der Waals surface area contributed by atoms with Crippen LogP contribution in [0.3, 0.4) is 0 Å². The van der Waals surface area contributed by atoms with E-state index >= 15 is 0 Å². The van der Waals surface area contributed by atoms with E-state index in [9.17, 15) is 9.59 Å². The number of carbonyl (C=O) groups excluding carboxylic acids is 2. The molecule has 0 saturated heterocycles. The van der Waals surface area contributed by atoms with Crippen molar-refractivity contribution in [2.75, 3.05) is 13.2 Å². The molecular weight excluding hydrogens is 436 g/mol. The van der Waals surface area contributed by atoms with Gasteiger partial charge in [0.2, 0.25) is 0 Å². The van der Waals surface area contributed by atoms with Crippen molar-refractivity contribution in [1.82, 2.24) is 9.13 Å². The normalized spacial score (nSPS) is 11.7. The molecule has 0 unspecified atom stereocenters. The Morgan fingerprint density at radius 3 is 1.43 bits per heavy atom. The van der Waals surface area contributed by atoms with Crippen LogP contribution in [-0.2, 0) is 17.8 Å². The first kappa shape index (κ1) is 21.3. The number of ether oxygens (including phenoxy) is 1. The van der Waals surface area contributed by atoms with E-state index in [4.69, 9.17) is 4.74 Å². The molecule has 6 rings (SSSR count). The zero-order valence-electron chi connectivity index (χ0n) is 19.2. The van der Waals surface area contributed by atoms with Crippen LogP contribution in [0.4, 0.5) is 0 Å². The summed E-state index contributed by atoms with van der Waals surface area (Å²) in [5, 5.41) is 4.47. The van der Waals surface area contributed by atoms with Crippen LogP contribution in [0.1, 0.15) is 20.7 Å². The molecule has 35 heavy (non-hydrogen) atoms. The first-order valence-electron chi connectivity index (χ1n) is 11.8. The molecule has 0 radical (unpaired) electrons. The Balaban J connectivity index is 1.22. The minimum atomic E-state index is 0.579. The van der Waals surface area contributed by atoms with Gasteiger partial charge in [0.05, 0.1) is 13.2 Å². The third-order valence-corrected chi connectivity index (χ3v) is 6.78. The lowest BCUT2D eigenvalue weighted by Gasteiger charge is -2.11. The Kier molecular flexibility index (Phi) is 5.39. The maximum Gasteiger partial charge on any atom is 0.150 e. The quantitative estimate of drug-likeness (QED) is 0.199. The van der Waals surface area contributed by atoms with E-state index in [-0.39, 0.29) is 0 Å². The van der Waals surface area contributed by atoms with Crippen LogP contribution in [-0.4, -0.2) is 34.9 Å². The maximum atomic E-state index is 11.3. The predicted molar refractivity (Wildman–Crippen MR) is 140 cm³/mol. The highest BCUT2D eigenvalue weighted by Gasteiger charge is 2.12. The summed E-state index contributed by atoms with van der Waals surface area (Å²) in [6.45, 7) is 2.60. The van der Waals surface area contributed by atoms with Gasteiger partial charge < -0.3 is 13.9 Å². The lowest BCUT2D eigenvalue weighted by molar-refractivity contribution is 0.111. The number of nitrogens with zero attached hydrogens (tertiary/aromatic N) is 2. The number of aromatic nitrogens is 2. The van der Waals surface area contributed by atoms with E-state index in [0.717, 1.165) is 69.3 Å². The van der Waals surface area contributed by atoms with Crippen LogP contribution in [0.2, 0.25) is 0 Å². The van der Waals surface area contributed by atoms with E-state index in [1.165, 1.54) is 0 Å². The highest BCUT2D eigenvalue weighted by molar-refractivity contribution is 6.10. The molecule has 0 aliphatic rings. The number of para-hydroxylation sites is 2. The van der Waals surface area contributed by atoms with Gasteiger partial charge in [0.15, 0.2) is 0 Å². The lowest BCUT2D eigenvalue weighted by atomic mass is 10.1. The molecule has 0 N–H and O–H groups in total. The van der Waals surface area contributed by atoms with Crippen molar-refractivity contribution in [2.24, 2.45) is 0 Å². The van der Waals surface area contributed by atoms with E-state index < -0.39 is 0 Å². The van der Waals surface area contributed by atoms with Crippen molar-refractivity contribution in [3.05, 3.63) is 96.1 Å². The Hall–Kier alpha value is -4.22. The van der Waals surface area contributed by atoms with Gasteiger partial charge in [-0.1, -0.05) is 36.4 Å². The Morgan fingerprint density at radius 1 is 0.543 bits per heavy atom. The van der Waals surface area contributed by atoms with Crippen LogP contribution in [0.5, 0.6) is 0 Å². The number of carbonyl (C=O) groups is 2. The molecule has 0 bridgehead atoms. The average Bonchev–Trinajstić information content (AvgIpc) is 3.40. The molecule has 0 aliphatic heterocycles. The largest absolute Gasteiger partial charge is 0.378 e. The fraction of sp³-hybridized carbons (Fsp3) is 0.133. The first-order chi connectivity index (χ1) is 17.3. The van der Waals surface area contributed by atoms with Gasteiger partial charge in [-0.2, -0.15) is 0 Å². The zero-order valence-corrected chi connectivity index (χ0v) is 19.2. The molecule has 5 nitrogen and oxygen atoms in total. The summed E-state index contributed by atoms with van der Waals surface area (Å²) in [4.78, 5) is 22.6. The number of hydrogen-bond donors (Lipinski definition) is 0. The second-order valence-electron chi connectivity index (χ2n) is 8.74. The van der Waals surface area contributed by atoms with Gasteiger partial charge in [0, 0.05) is 67.8 Å². The first-order valence-corrected chi connectivity index (χ1v) is 11.8. The van der Waals surface area contributed by atoms with E-state index in [1.54, 1.807) is 0 Å². The molecule has 0 saturated carbocycles. The molecule has 6 aromatic rings. The van der Waals surface area contributed by atoms with Gasteiger partial charge in [-0.25, -0.2) is 0 Å². The van der Waals surface area contributed by atoms with Crippen LogP contribution in [0, 0.1) is 0 Å². The molecule has 2 heterocycles. The smallest absolute Gasteiger partial charge is 0.150 e. The van der Waals surface area contributed by atoms with E-state index in [0.29, 0.717) is 24.3 Å². The van der Waals surface area contributed by atoms with Gasteiger partial charge in [0.1, 0.15) is 12.6 Å². The summed E-state index contributed by atoms with van der Waals surface area (Å²) in [6, 6.07) is 28.2. The van der Waals surface area contributed by atoms with Crippen LogP contribution in [0.15, 0.2) is 84.9 Å². The Bertz CT molecular complexity index is 1600. The molecule has 0 amide bonds. The highest BCUT2D eigenvalue weighted by atomic mass is 16.5. The van der Waals surface area contributed by atoms with Gasteiger partial charge >= 0.3 is 0 Å². The molecular formula is C30H24N2O3. The lowest BCUT2D eigenvalue weighted by Crippen LogP contribution is -2.10. The summed E-state index contributed by atoms with van der Waals surface area (Å²) < 4.78 is 10.6. The Labute approximate surface area is 202 Å². The summed E-state index contributed by atoms with van der Waals surface area (Å²) in [7, 11) is 0. The third kappa shape index (κ3) is 3.61. The predicted octanol–water partition coefficient (Wildman–Crippen LogP) is 6.24. The van der Waals surface area contributed by atoms with Gasteiger partial charge in [-0.15, -0.1) is 0 Å². The van der Waals surface area contributed by atoms with Gasteiger partial charge in [0.25, 0.3) is 0 Å². The highest BCUT2D eigenvalue weighted by Crippen LogP contribution is 2.30. The van der Waals surface area contributed by atoms with Crippen molar-refractivity contribution in [1.29, 1.82) is 0 Å². The molecule has 172 valence electrons. The van der Waals surface area contributed by atoms with Crippen LogP contribution >= 0.6 is 0 Å². The number of hydrogen-bond acceptors (Lipinski definition) is 3. The van der Waals surface area contributed by atoms with Gasteiger partial charge in [-0.05, 0) is 48.5 Å². The van der Waals surface area contributed by atoms with Crippen molar-refractivity contribution >= 4 is 56.2 Å². The Morgan fingerprint density at radius 2 is 0.971 bits per heavy atom. The summed E-state index contributed by atoms with van der Waals surface area (Å²) in [6.07, 6.45) is 1.78. The minimum Gasteiger partial charge on any atom is -0.378 e. The standard InChI is InChI=1S/C30H24N2O3/c33-19-21-9-11-29-25(17-21)23-5-1-3-7-27(23)31(29)13-15-35-16-14-32-28-8-4-2-6-24(28)26-18-22(20-34)10-12-30(26)32/h1-12,17-20H,13-16H2. The van der Waals surface area contributed by atoms with E-state index in [1.807, 2.05) is 60.7 Å². The number of fused-ring (bicyclic) bond motifs is 6. The van der Waals surface area contributed by atoms with Crippen molar-refractivity contribution < 1.29 is 14.3 Å². The minimum absolute atomic E-state index is 0.579. The van der Waals surface area contributed by atoms with Crippen molar-refractivity contribution in [3.63, 3.8) is 0 Å². The molecule has 0 aliphatic carbocycles. The topological polar surface area (TPSA) is 53.2 Å².